The number of aryl methyl sites for hydroxylation is 1. The van der Waals surface area contributed by atoms with E-state index in [2.05, 4.69) is 35.7 Å². The highest BCUT2D eigenvalue weighted by molar-refractivity contribution is 5.94. The average Bonchev–Trinajstić information content (AvgIpc) is 3.60. The van der Waals surface area contributed by atoms with Crippen molar-refractivity contribution in [2.45, 2.75) is 32.7 Å². The molecule has 11 heteroatoms. The summed E-state index contributed by atoms with van der Waals surface area (Å²) in [5.74, 6) is 1.35. The van der Waals surface area contributed by atoms with E-state index in [4.69, 9.17) is 9.97 Å². The lowest BCUT2D eigenvalue weighted by Gasteiger charge is -2.27. The first-order valence-electron chi connectivity index (χ1n) is 13.6. The second-order valence-electron chi connectivity index (χ2n) is 9.98. The van der Waals surface area contributed by atoms with E-state index in [-0.39, 0.29) is 5.75 Å². The molecule has 0 unspecified atom stereocenters. The van der Waals surface area contributed by atoms with Crippen LogP contribution >= 0.6 is 0 Å². The zero-order valence-electron chi connectivity index (χ0n) is 22.6. The Morgan fingerprint density at radius 2 is 2.02 bits per heavy atom. The zero-order valence-corrected chi connectivity index (χ0v) is 22.6. The number of phenols is 1. The van der Waals surface area contributed by atoms with Crippen LogP contribution in [0.15, 0.2) is 42.7 Å². The monoisotopic (exact) mass is 541 g/mol. The number of fused-ring (bicyclic) bond motifs is 2. The Morgan fingerprint density at radius 3 is 2.88 bits per heavy atom. The van der Waals surface area contributed by atoms with Crippen LogP contribution in [-0.2, 0) is 19.4 Å². The topological polar surface area (TPSA) is 131 Å². The normalized spacial score (nSPS) is 13.1. The molecule has 40 heavy (non-hydrogen) atoms. The molecule has 5 N–H and O–H groups in total. The van der Waals surface area contributed by atoms with Crippen LogP contribution in [0.5, 0.6) is 5.75 Å². The van der Waals surface area contributed by atoms with Crippen molar-refractivity contribution in [1.29, 1.82) is 0 Å². The first-order chi connectivity index (χ1) is 19.5. The lowest BCUT2D eigenvalue weighted by atomic mass is 9.96. The molecule has 3 aromatic heterocycles. The molecule has 2 aromatic carbocycles. The van der Waals surface area contributed by atoms with Crippen LogP contribution in [0.1, 0.15) is 30.3 Å². The van der Waals surface area contributed by atoms with Crippen molar-refractivity contribution >= 4 is 22.5 Å². The number of imidazole rings is 1. The summed E-state index contributed by atoms with van der Waals surface area (Å²) >= 11 is 0. The third-order valence-corrected chi connectivity index (χ3v) is 7.34. The van der Waals surface area contributed by atoms with Crippen molar-refractivity contribution in [3.63, 3.8) is 0 Å². The molecular formula is C29H32FN9O. The number of aromatic nitrogens is 6. The van der Waals surface area contributed by atoms with Crippen LogP contribution in [0.3, 0.4) is 0 Å². The summed E-state index contributed by atoms with van der Waals surface area (Å²) < 4.78 is 14.2. The third-order valence-electron chi connectivity index (χ3n) is 7.34. The first-order valence-corrected chi connectivity index (χ1v) is 13.6. The summed E-state index contributed by atoms with van der Waals surface area (Å²) in [5, 5.41) is 24.9. The summed E-state index contributed by atoms with van der Waals surface area (Å²) in [4.78, 5) is 19.7. The number of H-pyrrole nitrogens is 2. The highest BCUT2D eigenvalue weighted by atomic mass is 19.1. The molecule has 1 aliphatic rings. The average molecular weight is 542 g/mol. The van der Waals surface area contributed by atoms with Crippen LogP contribution in [0.4, 0.5) is 16.0 Å². The van der Waals surface area contributed by atoms with E-state index in [1.165, 1.54) is 12.1 Å². The van der Waals surface area contributed by atoms with E-state index >= 15 is 0 Å². The maximum absolute atomic E-state index is 14.2. The molecule has 0 radical (unpaired) electrons. The van der Waals surface area contributed by atoms with Gasteiger partial charge in [0.25, 0.3) is 0 Å². The molecular weight excluding hydrogens is 509 g/mol. The summed E-state index contributed by atoms with van der Waals surface area (Å²) in [6.45, 7) is 5.21. The van der Waals surface area contributed by atoms with Crippen molar-refractivity contribution in [3.8, 4) is 28.4 Å². The van der Waals surface area contributed by atoms with E-state index in [0.717, 1.165) is 88.8 Å². The van der Waals surface area contributed by atoms with Gasteiger partial charge in [-0.2, -0.15) is 5.10 Å². The Hall–Kier alpha value is -4.51. The molecule has 0 spiro atoms. The minimum Gasteiger partial charge on any atom is -0.505 e. The number of anilines is 2. The quantitative estimate of drug-likeness (QED) is 0.174. The Balaban J connectivity index is 1.23. The van der Waals surface area contributed by atoms with Crippen molar-refractivity contribution in [2.75, 3.05) is 36.9 Å². The summed E-state index contributed by atoms with van der Waals surface area (Å²) in [6.07, 6.45) is 6.01. The third kappa shape index (κ3) is 4.95. The number of hydrogen-bond acceptors (Lipinski definition) is 8. The predicted octanol–water partition coefficient (Wildman–Crippen LogP) is 4.40. The number of hydrogen-bond donors (Lipinski definition) is 5. The van der Waals surface area contributed by atoms with Crippen molar-refractivity contribution in [3.05, 3.63) is 65.5 Å². The van der Waals surface area contributed by atoms with Crippen LogP contribution in [0.2, 0.25) is 0 Å². The standard InChI is InChI=1S/C29H32FN9O/c1-3-17-12-25(40)21(30)13-20(17)18-5-6-19-23(11-18)37-38-28(19)29-34-22-7-10-39(16-24(22)35-29)27-15-32-14-26(36-27)33-9-4-8-31-2/h5-6,11-15,31,40H,3-4,7-10,16H2,1-2H3,(H,33,36)(H,34,35)(H,37,38). The molecule has 5 aromatic rings. The molecule has 10 nitrogen and oxygen atoms in total. The van der Waals surface area contributed by atoms with Gasteiger partial charge in [0, 0.05) is 24.9 Å². The molecule has 0 atom stereocenters. The lowest BCUT2D eigenvalue weighted by Crippen LogP contribution is -2.31. The maximum atomic E-state index is 14.2. The molecule has 0 aliphatic carbocycles. The Bertz CT molecular complexity index is 1660. The fraction of sp³-hybridized carbons (Fsp3) is 0.310. The van der Waals surface area contributed by atoms with Gasteiger partial charge < -0.3 is 25.6 Å². The van der Waals surface area contributed by atoms with E-state index in [1.54, 1.807) is 12.4 Å². The SMILES string of the molecule is CCc1cc(O)c(F)cc1-c1ccc2c(-c3nc4c([nH]3)CN(c3cncc(NCCCNC)n3)CC4)n[nH]c2c1. The minimum atomic E-state index is -0.633. The zero-order chi connectivity index (χ0) is 27.6. The van der Waals surface area contributed by atoms with Gasteiger partial charge in [-0.1, -0.05) is 13.0 Å². The second kappa shape index (κ2) is 10.9. The number of aromatic hydroxyl groups is 1. The van der Waals surface area contributed by atoms with Gasteiger partial charge in [0.05, 0.1) is 35.8 Å². The van der Waals surface area contributed by atoms with Gasteiger partial charge in [0.2, 0.25) is 0 Å². The van der Waals surface area contributed by atoms with Gasteiger partial charge in [-0.25, -0.2) is 14.4 Å². The Labute approximate surface area is 231 Å². The molecule has 206 valence electrons. The largest absolute Gasteiger partial charge is 0.505 e. The smallest absolute Gasteiger partial charge is 0.165 e. The molecule has 0 saturated carbocycles. The van der Waals surface area contributed by atoms with Crippen LogP contribution in [0.25, 0.3) is 33.5 Å². The second-order valence-corrected chi connectivity index (χ2v) is 9.98. The fourth-order valence-electron chi connectivity index (χ4n) is 5.21. The van der Waals surface area contributed by atoms with E-state index in [9.17, 15) is 9.50 Å². The number of aromatic amines is 2. The summed E-state index contributed by atoms with van der Waals surface area (Å²) in [6, 6.07) is 8.77. The van der Waals surface area contributed by atoms with Gasteiger partial charge in [0.15, 0.2) is 17.4 Å². The van der Waals surface area contributed by atoms with Crippen molar-refractivity contribution in [2.24, 2.45) is 0 Å². The molecule has 4 heterocycles. The number of phenolic OH excluding ortho intramolecular Hbond substituents is 1. The first kappa shape index (κ1) is 25.8. The highest BCUT2D eigenvalue weighted by Crippen LogP contribution is 2.34. The van der Waals surface area contributed by atoms with Gasteiger partial charge in [-0.15, -0.1) is 0 Å². The Morgan fingerprint density at radius 1 is 1.12 bits per heavy atom. The van der Waals surface area contributed by atoms with Gasteiger partial charge in [0.1, 0.15) is 17.3 Å². The molecule has 6 rings (SSSR count). The van der Waals surface area contributed by atoms with E-state index in [1.807, 2.05) is 32.2 Å². The lowest BCUT2D eigenvalue weighted by molar-refractivity contribution is 0.432. The van der Waals surface area contributed by atoms with Crippen LogP contribution in [-0.4, -0.2) is 61.9 Å². The van der Waals surface area contributed by atoms with Gasteiger partial charge >= 0.3 is 0 Å². The summed E-state index contributed by atoms with van der Waals surface area (Å²) in [5.41, 5.74) is 6.12. The maximum Gasteiger partial charge on any atom is 0.165 e. The number of rotatable bonds is 9. The van der Waals surface area contributed by atoms with Gasteiger partial charge in [-0.3, -0.25) is 10.1 Å². The van der Waals surface area contributed by atoms with Crippen molar-refractivity contribution in [1.82, 2.24) is 35.5 Å². The van der Waals surface area contributed by atoms with E-state index in [0.29, 0.717) is 18.8 Å². The van der Waals surface area contributed by atoms with Gasteiger partial charge in [-0.05, 0) is 67.4 Å². The Kier molecular flexibility index (Phi) is 7.04. The molecule has 1 aliphatic heterocycles. The molecule has 0 amide bonds. The van der Waals surface area contributed by atoms with Crippen LogP contribution < -0.4 is 15.5 Å². The fourth-order valence-corrected chi connectivity index (χ4v) is 5.21. The number of nitrogens with zero attached hydrogens (tertiary/aromatic N) is 5. The van der Waals surface area contributed by atoms with Crippen LogP contribution in [0, 0.1) is 5.82 Å². The molecule has 0 fully saturated rings. The minimum absolute atomic E-state index is 0.331. The number of benzene rings is 2. The number of nitrogens with one attached hydrogen (secondary N) is 4. The van der Waals surface area contributed by atoms with E-state index < -0.39 is 5.82 Å². The number of halogens is 1. The summed E-state index contributed by atoms with van der Waals surface area (Å²) in [7, 11) is 1.95. The highest BCUT2D eigenvalue weighted by Gasteiger charge is 2.24. The predicted molar refractivity (Wildman–Crippen MR) is 154 cm³/mol. The molecule has 0 saturated heterocycles. The van der Waals surface area contributed by atoms with Crippen molar-refractivity contribution < 1.29 is 9.50 Å². The molecule has 0 bridgehead atoms.